The summed E-state index contributed by atoms with van der Waals surface area (Å²) in [5, 5.41) is 3.87. The number of hydrogen-bond acceptors (Lipinski definition) is 4. The number of amides is 1. The van der Waals surface area contributed by atoms with E-state index in [1.807, 2.05) is 24.3 Å². The van der Waals surface area contributed by atoms with Gasteiger partial charge in [0.2, 0.25) is 11.9 Å². The van der Waals surface area contributed by atoms with Gasteiger partial charge in [-0.15, -0.1) is 0 Å². The van der Waals surface area contributed by atoms with Crippen LogP contribution in [0.4, 0.5) is 4.39 Å². The molecular weight excluding hydrogens is 569 g/mol. The molecule has 0 spiro atoms. The highest BCUT2D eigenvalue weighted by Crippen LogP contribution is 2.42. The van der Waals surface area contributed by atoms with E-state index in [-0.39, 0.29) is 17.7 Å². The van der Waals surface area contributed by atoms with Crippen molar-refractivity contribution in [3.8, 4) is 0 Å². The van der Waals surface area contributed by atoms with Crippen molar-refractivity contribution in [1.82, 2.24) is 15.2 Å². The SMILES string of the molecule is O=C(NC(c1ccc(Cl)cc1)c1ccnc(F)c1)[C@@H]1CC[C@@H](CN2CCOCC2)C[C@H]1c1ccc(Br)cc1. The Labute approximate surface area is 236 Å². The molecule has 1 aromatic heterocycles. The maximum atomic E-state index is 14.1. The van der Waals surface area contributed by atoms with E-state index in [4.69, 9.17) is 16.3 Å². The van der Waals surface area contributed by atoms with Gasteiger partial charge >= 0.3 is 0 Å². The Morgan fingerprint density at radius 1 is 1.08 bits per heavy atom. The molecule has 1 saturated carbocycles. The van der Waals surface area contributed by atoms with Crippen molar-refractivity contribution in [3.63, 3.8) is 0 Å². The number of benzene rings is 2. The molecule has 3 aromatic rings. The van der Waals surface area contributed by atoms with Crippen LogP contribution in [-0.2, 0) is 9.53 Å². The third-order valence-electron chi connectivity index (χ3n) is 7.79. The van der Waals surface area contributed by atoms with Gasteiger partial charge in [-0.05, 0) is 84.2 Å². The second kappa shape index (κ2) is 12.7. The lowest BCUT2D eigenvalue weighted by molar-refractivity contribution is -0.127. The molecule has 0 radical (unpaired) electrons. The van der Waals surface area contributed by atoms with Gasteiger partial charge in [0.05, 0.1) is 19.3 Å². The third kappa shape index (κ3) is 6.81. The van der Waals surface area contributed by atoms with Crippen molar-refractivity contribution in [1.29, 1.82) is 0 Å². The van der Waals surface area contributed by atoms with E-state index >= 15 is 0 Å². The lowest BCUT2D eigenvalue weighted by Gasteiger charge is -2.39. The molecule has 200 valence electrons. The summed E-state index contributed by atoms with van der Waals surface area (Å²) in [5.74, 6) is -0.152. The fourth-order valence-electron chi connectivity index (χ4n) is 5.83. The minimum absolute atomic E-state index is 0.0140. The number of nitrogens with one attached hydrogen (secondary N) is 1. The highest BCUT2D eigenvalue weighted by Gasteiger charge is 2.37. The molecule has 1 aliphatic heterocycles. The van der Waals surface area contributed by atoms with Crippen LogP contribution in [0.3, 0.4) is 0 Å². The first-order chi connectivity index (χ1) is 18.5. The fourth-order valence-corrected chi connectivity index (χ4v) is 6.22. The molecule has 2 fully saturated rings. The molecule has 0 bridgehead atoms. The average Bonchev–Trinajstić information content (AvgIpc) is 2.93. The first kappa shape index (κ1) is 27.3. The number of hydrogen-bond donors (Lipinski definition) is 1. The Hall–Kier alpha value is -2.32. The van der Waals surface area contributed by atoms with Crippen LogP contribution in [0, 0.1) is 17.8 Å². The van der Waals surface area contributed by atoms with E-state index in [9.17, 15) is 9.18 Å². The van der Waals surface area contributed by atoms with E-state index in [0.717, 1.165) is 62.1 Å². The first-order valence-electron chi connectivity index (χ1n) is 13.2. The molecule has 1 N–H and O–H groups in total. The molecule has 5 nitrogen and oxygen atoms in total. The Bertz CT molecular complexity index is 1220. The normalized spacial score (nSPS) is 23.1. The number of rotatable bonds is 7. The minimum atomic E-state index is -0.577. The number of ether oxygens (including phenoxy) is 1. The Morgan fingerprint density at radius 3 is 2.53 bits per heavy atom. The van der Waals surface area contributed by atoms with E-state index in [0.29, 0.717) is 16.5 Å². The van der Waals surface area contributed by atoms with Crippen LogP contribution in [-0.4, -0.2) is 48.6 Å². The number of halogens is 3. The van der Waals surface area contributed by atoms with Gasteiger partial charge in [-0.2, -0.15) is 4.39 Å². The summed E-state index contributed by atoms with van der Waals surface area (Å²) >= 11 is 9.67. The van der Waals surface area contributed by atoms with E-state index in [1.54, 1.807) is 18.2 Å². The fraction of sp³-hybridized carbons (Fsp3) is 0.400. The Balaban J connectivity index is 1.39. The summed E-state index contributed by atoms with van der Waals surface area (Å²) in [7, 11) is 0. The molecule has 1 unspecified atom stereocenters. The third-order valence-corrected chi connectivity index (χ3v) is 8.57. The maximum Gasteiger partial charge on any atom is 0.224 e. The Kier molecular flexibility index (Phi) is 9.10. The molecule has 1 saturated heterocycles. The van der Waals surface area contributed by atoms with Gasteiger partial charge < -0.3 is 10.1 Å². The van der Waals surface area contributed by atoms with Crippen LogP contribution in [0.1, 0.15) is 47.9 Å². The van der Waals surface area contributed by atoms with Gasteiger partial charge in [0.1, 0.15) is 0 Å². The second-order valence-corrected chi connectivity index (χ2v) is 11.6. The van der Waals surface area contributed by atoms with Gasteiger partial charge in [0, 0.05) is 41.2 Å². The van der Waals surface area contributed by atoms with E-state index in [2.05, 4.69) is 43.3 Å². The summed E-state index contributed by atoms with van der Waals surface area (Å²) in [5.41, 5.74) is 2.67. The van der Waals surface area contributed by atoms with E-state index in [1.165, 1.54) is 17.8 Å². The van der Waals surface area contributed by atoms with Crippen molar-refractivity contribution in [2.45, 2.75) is 31.2 Å². The number of aromatic nitrogens is 1. The molecule has 1 amide bonds. The predicted molar refractivity (Wildman–Crippen MR) is 151 cm³/mol. The van der Waals surface area contributed by atoms with Gasteiger partial charge in [0.15, 0.2) is 0 Å². The van der Waals surface area contributed by atoms with Crippen molar-refractivity contribution in [2.75, 3.05) is 32.8 Å². The summed E-state index contributed by atoms with van der Waals surface area (Å²) in [6.45, 7) is 4.54. The van der Waals surface area contributed by atoms with Crippen LogP contribution in [0.15, 0.2) is 71.3 Å². The number of nitrogens with zero attached hydrogens (tertiary/aromatic N) is 2. The molecule has 4 atom stereocenters. The lowest BCUT2D eigenvalue weighted by Crippen LogP contribution is -2.43. The zero-order chi connectivity index (χ0) is 26.5. The molecule has 2 aliphatic rings. The quantitative estimate of drug-likeness (QED) is 0.320. The predicted octanol–water partition coefficient (Wildman–Crippen LogP) is 6.37. The van der Waals surface area contributed by atoms with Crippen LogP contribution in [0.5, 0.6) is 0 Å². The van der Waals surface area contributed by atoms with Gasteiger partial charge in [0.25, 0.3) is 0 Å². The molecule has 2 heterocycles. The lowest BCUT2D eigenvalue weighted by atomic mass is 9.70. The van der Waals surface area contributed by atoms with Crippen molar-refractivity contribution < 1.29 is 13.9 Å². The number of carbonyl (C=O) groups is 1. The van der Waals surface area contributed by atoms with Crippen LogP contribution in [0.2, 0.25) is 5.02 Å². The summed E-state index contributed by atoms with van der Waals surface area (Å²) in [6.07, 6.45) is 4.19. The highest BCUT2D eigenvalue weighted by atomic mass is 79.9. The number of carbonyl (C=O) groups excluding carboxylic acids is 1. The minimum Gasteiger partial charge on any atom is -0.379 e. The Morgan fingerprint density at radius 2 is 1.82 bits per heavy atom. The second-order valence-electron chi connectivity index (χ2n) is 10.3. The van der Waals surface area contributed by atoms with Gasteiger partial charge in [-0.25, -0.2) is 4.98 Å². The van der Waals surface area contributed by atoms with E-state index < -0.39 is 12.0 Å². The highest BCUT2D eigenvalue weighted by molar-refractivity contribution is 9.10. The summed E-state index contributed by atoms with van der Waals surface area (Å²) in [4.78, 5) is 20.2. The van der Waals surface area contributed by atoms with Crippen molar-refractivity contribution in [3.05, 3.63) is 99.0 Å². The molecule has 1 aliphatic carbocycles. The topological polar surface area (TPSA) is 54.5 Å². The molecule has 8 heteroatoms. The average molecular weight is 601 g/mol. The molecule has 2 aromatic carbocycles. The largest absolute Gasteiger partial charge is 0.379 e. The molecule has 5 rings (SSSR count). The standard InChI is InChI=1S/C30H32BrClFN3O2/c31-24-6-2-21(3-7-24)27-17-20(19-36-13-15-38-16-14-36)1-10-26(27)30(37)35-29(22-4-8-25(32)9-5-22)23-11-12-34-28(33)18-23/h2-9,11-12,18,20,26-27,29H,1,10,13-17,19H2,(H,35,37)/t20-,26-,27+,29?/m1/s1. The zero-order valence-corrected chi connectivity index (χ0v) is 23.5. The van der Waals surface area contributed by atoms with Crippen LogP contribution in [0.25, 0.3) is 0 Å². The first-order valence-corrected chi connectivity index (χ1v) is 14.4. The maximum absolute atomic E-state index is 14.1. The monoisotopic (exact) mass is 599 g/mol. The summed E-state index contributed by atoms with van der Waals surface area (Å²) < 4.78 is 20.6. The number of morpholine rings is 1. The zero-order valence-electron chi connectivity index (χ0n) is 21.2. The van der Waals surface area contributed by atoms with Crippen LogP contribution < -0.4 is 5.32 Å². The van der Waals surface area contributed by atoms with Crippen molar-refractivity contribution >= 4 is 33.4 Å². The van der Waals surface area contributed by atoms with Gasteiger partial charge in [-0.3, -0.25) is 9.69 Å². The van der Waals surface area contributed by atoms with Crippen molar-refractivity contribution in [2.24, 2.45) is 11.8 Å². The van der Waals surface area contributed by atoms with Crippen LogP contribution >= 0.6 is 27.5 Å². The smallest absolute Gasteiger partial charge is 0.224 e. The molecule has 38 heavy (non-hydrogen) atoms. The molecular formula is C30H32BrClFN3O2. The van der Waals surface area contributed by atoms with Gasteiger partial charge in [-0.1, -0.05) is 51.8 Å². The summed E-state index contributed by atoms with van der Waals surface area (Å²) in [6, 6.07) is 18.3. The number of pyridine rings is 1.